The lowest BCUT2D eigenvalue weighted by Crippen LogP contribution is -2.39. The Hall–Kier alpha value is -1.51. The number of anilines is 1. The van der Waals surface area contributed by atoms with Gasteiger partial charge in [-0.1, -0.05) is 38.0 Å². The molecule has 2 unspecified atom stereocenters. The Labute approximate surface area is 115 Å². The van der Waals surface area contributed by atoms with Gasteiger partial charge in [-0.2, -0.15) is 0 Å². The minimum atomic E-state index is -0.716. The maximum absolute atomic E-state index is 10.9. The number of carboxylic acids is 1. The molecule has 2 atom stereocenters. The van der Waals surface area contributed by atoms with E-state index < -0.39 is 5.97 Å². The quantitative estimate of drug-likeness (QED) is 0.851. The third-order valence-electron chi connectivity index (χ3n) is 4.20. The molecule has 1 saturated carbocycles. The van der Waals surface area contributed by atoms with E-state index in [1.807, 2.05) is 18.2 Å². The highest BCUT2D eigenvalue weighted by Gasteiger charge is 2.31. The summed E-state index contributed by atoms with van der Waals surface area (Å²) in [5, 5.41) is 8.95. The van der Waals surface area contributed by atoms with Crippen molar-refractivity contribution in [3.63, 3.8) is 0 Å². The summed E-state index contributed by atoms with van der Waals surface area (Å²) in [5.74, 6) is -0.0130. The Morgan fingerprint density at radius 3 is 2.68 bits per heavy atom. The number of benzene rings is 1. The van der Waals surface area contributed by atoms with Crippen LogP contribution in [0.25, 0.3) is 0 Å². The molecule has 0 saturated heterocycles. The number of hydrogen-bond acceptors (Lipinski definition) is 2. The van der Waals surface area contributed by atoms with E-state index in [1.165, 1.54) is 25.7 Å². The van der Waals surface area contributed by atoms with E-state index in [4.69, 9.17) is 5.11 Å². The lowest BCUT2D eigenvalue weighted by Gasteiger charge is -2.34. The lowest BCUT2D eigenvalue weighted by atomic mass is 9.98. The topological polar surface area (TPSA) is 40.5 Å². The van der Waals surface area contributed by atoms with Crippen LogP contribution in [-0.2, 0) is 4.79 Å². The van der Waals surface area contributed by atoms with E-state index >= 15 is 0 Å². The van der Waals surface area contributed by atoms with Crippen LogP contribution in [0.4, 0.5) is 5.69 Å². The zero-order chi connectivity index (χ0) is 13.7. The summed E-state index contributed by atoms with van der Waals surface area (Å²) < 4.78 is 0. The van der Waals surface area contributed by atoms with Crippen LogP contribution in [0.3, 0.4) is 0 Å². The smallest absolute Gasteiger partial charge is 0.305 e. The van der Waals surface area contributed by atoms with Crippen molar-refractivity contribution < 1.29 is 9.90 Å². The van der Waals surface area contributed by atoms with E-state index in [2.05, 4.69) is 24.0 Å². The van der Waals surface area contributed by atoms with Gasteiger partial charge in [-0.15, -0.1) is 0 Å². The molecule has 1 fully saturated rings. The van der Waals surface area contributed by atoms with Gasteiger partial charge in [0.1, 0.15) is 0 Å². The van der Waals surface area contributed by atoms with E-state index in [1.54, 1.807) is 0 Å². The van der Waals surface area contributed by atoms with Crippen LogP contribution in [0.1, 0.15) is 39.0 Å². The van der Waals surface area contributed by atoms with Crippen molar-refractivity contribution in [2.24, 2.45) is 5.92 Å². The zero-order valence-corrected chi connectivity index (χ0v) is 11.6. The van der Waals surface area contributed by atoms with Gasteiger partial charge in [0.15, 0.2) is 0 Å². The van der Waals surface area contributed by atoms with Crippen molar-refractivity contribution in [3.8, 4) is 0 Å². The van der Waals surface area contributed by atoms with Gasteiger partial charge >= 0.3 is 5.97 Å². The first-order chi connectivity index (χ1) is 9.22. The Morgan fingerprint density at radius 2 is 2.05 bits per heavy atom. The second-order valence-electron chi connectivity index (χ2n) is 5.34. The molecular weight excluding hydrogens is 238 g/mol. The predicted molar refractivity (Wildman–Crippen MR) is 77.5 cm³/mol. The Bertz CT molecular complexity index is 404. The molecular formula is C16H23NO2. The average Bonchev–Trinajstić information content (AvgIpc) is 2.88. The van der Waals surface area contributed by atoms with Crippen LogP contribution in [-0.4, -0.2) is 23.7 Å². The summed E-state index contributed by atoms with van der Waals surface area (Å²) in [7, 11) is 0. The van der Waals surface area contributed by atoms with Crippen LogP contribution in [0, 0.1) is 5.92 Å². The molecule has 0 aliphatic heterocycles. The summed E-state index contributed by atoms with van der Waals surface area (Å²) in [4.78, 5) is 13.2. The predicted octanol–water partition coefficient (Wildman–Crippen LogP) is 3.55. The second-order valence-corrected chi connectivity index (χ2v) is 5.34. The monoisotopic (exact) mass is 261 g/mol. The lowest BCUT2D eigenvalue weighted by molar-refractivity contribution is -0.136. The molecule has 1 aromatic carbocycles. The van der Waals surface area contributed by atoms with Gasteiger partial charge < -0.3 is 10.0 Å². The summed E-state index contributed by atoms with van der Waals surface area (Å²) in [5.41, 5.74) is 1.16. The molecule has 0 aromatic heterocycles. The summed E-state index contributed by atoms with van der Waals surface area (Å²) in [6.45, 7) is 2.85. The van der Waals surface area contributed by atoms with Crippen molar-refractivity contribution >= 4 is 11.7 Å². The highest BCUT2D eigenvalue weighted by molar-refractivity contribution is 5.67. The summed E-state index contributed by atoms with van der Waals surface area (Å²) in [6, 6.07) is 10.7. The minimum absolute atomic E-state index is 0.210. The first-order valence-electron chi connectivity index (χ1n) is 7.26. The van der Waals surface area contributed by atoms with E-state index in [0.717, 1.165) is 5.69 Å². The molecule has 1 aliphatic carbocycles. The fourth-order valence-corrected chi connectivity index (χ4v) is 3.23. The highest BCUT2D eigenvalue weighted by Crippen LogP contribution is 2.34. The molecule has 1 aromatic rings. The minimum Gasteiger partial charge on any atom is -0.481 e. The standard InChI is InChI=1S/C16H23NO2/c1-2-13-7-6-10-15(13)17(12-11-16(18)19)14-8-4-3-5-9-14/h3-5,8-9,13,15H,2,6-7,10-12H2,1H3,(H,18,19). The van der Waals surface area contributed by atoms with Gasteiger partial charge in [0.05, 0.1) is 6.42 Å². The van der Waals surface area contributed by atoms with Crippen molar-refractivity contribution in [1.82, 2.24) is 0 Å². The van der Waals surface area contributed by atoms with Gasteiger partial charge in [0, 0.05) is 18.3 Å². The summed E-state index contributed by atoms with van der Waals surface area (Å²) in [6.07, 6.45) is 5.12. The molecule has 2 rings (SSSR count). The second kappa shape index (κ2) is 6.60. The number of carboxylic acid groups (broad SMARTS) is 1. The normalized spacial score (nSPS) is 22.4. The zero-order valence-electron chi connectivity index (χ0n) is 11.6. The molecule has 104 valence electrons. The first kappa shape index (κ1) is 13.9. The number of nitrogens with zero attached hydrogens (tertiary/aromatic N) is 1. The van der Waals surface area contributed by atoms with Gasteiger partial charge in [0.2, 0.25) is 0 Å². The number of carbonyl (C=O) groups is 1. The van der Waals surface area contributed by atoms with Gasteiger partial charge in [-0.05, 0) is 30.9 Å². The molecule has 0 spiro atoms. The molecule has 19 heavy (non-hydrogen) atoms. The molecule has 0 bridgehead atoms. The fourth-order valence-electron chi connectivity index (χ4n) is 3.23. The molecule has 1 N–H and O–H groups in total. The van der Waals surface area contributed by atoms with Crippen LogP contribution in [0.2, 0.25) is 0 Å². The highest BCUT2D eigenvalue weighted by atomic mass is 16.4. The fraction of sp³-hybridized carbons (Fsp3) is 0.562. The third kappa shape index (κ3) is 3.49. The van der Waals surface area contributed by atoms with Crippen LogP contribution < -0.4 is 4.90 Å². The third-order valence-corrected chi connectivity index (χ3v) is 4.20. The van der Waals surface area contributed by atoms with Crippen LogP contribution in [0.15, 0.2) is 30.3 Å². The molecule has 0 heterocycles. The number of aliphatic carboxylic acids is 1. The van der Waals surface area contributed by atoms with Crippen molar-refractivity contribution in [2.75, 3.05) is 11.4 Å². The van der Waals surface area contributed by atoms with Crippen molar-refractivity contribution in [1.29, 1.82) is 0 Å². The molecule has 0 radical (unpaired) electrons. The number of hydrogen-bond donors (Lipinski definition) is 1. The van der Waals surface area contributed by atoms with Gasteiger partial charge in [0.25, 0.3) is 0 Å². The van der Waals surface area contributed by atoms with E-state index in [-0.39, 0.29) is 6.42 Å². The molecule has 1 aliphatic rings. The number of rotatable bonds is 6. The average molecular weight is 261 g/mol. The first-order valence-corrected chi connectivity index (χ1v) is 7.26. The Balaban J connectivity index is 2.16. The molecule has 0 amide bonds. The van der Waals surface area contributed by atoms with Crippen molar-refractivity contribution in [3.05, 3.63) is 30.3 Å². The molecule has 3 nitrogen and oxygen atoms in total. The number of para-hydroxylation sites is 1. The Kier molecular flexibility index (Phi) is 4.83. The van der Waals surface area contributed by atoms with Gasteiger partial charge in [-0.3, -0.25) is 4.79 Å². The van der Waals surface area contributed by atoms with Crippen LogP contribution in [0.5, 0.6) is 0 Å². The van der Waals surface area contributed by atoms with Gasteiger partial charge in [-0.25, -0.2) is 0 Å². The van der Waals surface area contributed by atoms with Crippen LogP contribution >= 0.6 is 0 Å². The summed E-state index contributed by atoms with van der Waals surface area (Å²) >= 11 is 0. The maximum atomic E-state index is 10.9. The Morgan fingerprint density at radius 1 is 1.32 bits per heavy atom. The SMILES string of the molecule is CCC1CCCC1N(CCC(=O)O)c1ccccc1. The maximum Gasteiger partial charge on any atom is 0.305 e. The van der Waals surface area contributed by atoms with E-state index in [0.29, 0.717) is 18.5 Å². The van der Waals surface area contributed by atoms with Crippen molar-refractivity contribution in [2.45, 2.75) is 45.1 Å². The largest absolute Gasteiger partial charge is 0.481 e. The molecule has 3 heteroatoms. The van der Waals surface area contributed by atoms with E-state index in [9.17, 15) is 4.79 Å².